The lowest BCUT2D eigenvalue weighted by Crippen LogP contribution is -2.23. The van der Waals surface area contributed by atoms with E-state index < -0.39 is 0 Å². The molecule has 6 heteroatoms. The van der Waals surface area contributed by atoms with Crippen molar-refractivity contribution in [1.29, 1.82) is 0 Å². The summed E-state index contributed by atoms with van der Waals surface area (Å²) < 4.78 is 5.27. The van der Waals surface area contributed by atoms with Crippen LogP contribution in [-0.2, 0) is 10.5 Å². The van der Waals surface area contributed by atoms with E-state index in [1.807, 2.05) is 42.6 Å². The molecule has 0 aliphatic carbocycles. The molecule has 0 N–H and O–H groups in total. The predicted molar refractivity (Wildman–Crippen MR) is 113 cm³/mol. The highest BCUT2D eigenvalue weighted by atomic mass is 32.2. The number of aryl methyl sites for hydroxylation is 1. The van der Waals surface area contributed by atoms with Crippen molar-refractivity contribution < 1.29 is 9.53 Å². The van der Waals surface area contributed by atoms with Crippen LogP contribution < -0.4 is 9.64 Å². The van der Waals surface area contributed by atoms with Crippen molar-refractivity contribution >= 4 is 39.8 Å². The van der Waals surface area contributed by atoms with Crippen molar-refractivity contribution in [1.82, 2.24) is 4.98 Å². The lowest BCUT2D eigenvalue weighted by Gasteiger charge is -2.21. The van der Waals surface area contributed by atoms with Crippen LogP contribution in [0.25, 0.3) is 0 Å². The predicted octanol–water partition coefficient (Wildman–Crippen LogP) is 5.75. The quantitative estimate of drug-likeness (QED) is 0.496. The number of benzene rings is 2. The lowest BCUT2D eigenvalue weighted by atomic mass is 10.1. The summed E-state index contributed by atoms with van der Waals surface area (Å²) >= 11 is 3.19. The van der Waals surface area contributed by atoms with Crippen molar-refractivity contribution in [2.24, 2.45) is 0 Å². The Morgan fingerprint density at radius 1 is 1.22 bits per heavy atom. The largest absolute Gasteiger partial charge is 0.497 e. The smallest absolute Gasteiger partial charge is 0.230 e. The molecule has 4 nitrogen and oxygen atoms in total. The summed E-state index contributed by atoms with van der Waals surface area (Å²) in [5.41, 5.74) is 4.10. The molecule has 1 heterocycles. The Labute approximate surface area is 168 Å². The first-order chi connectivity index (χ1) is 13.0. The van der Waals surface area contributed by atoms with Gasteiger partial charge in [-0.15, -0.1) is 23.1 Å². The molecule has 0 saturated heterocycles. The zero-order valence-electron chi connectivity index (χ0n) is 15.9. The number of anilines is 2. The molecule has 1 aromatic heterocycles. The molecule has 0 bridgehead atoms. The summed E-state index contributed by atoms with van der Waals surface area (Å²) in [5, 5.41) is 2.72. The van der Waals surface area contributed by atoms with Gasteiger partial charge in [0.1, 0.15) is 5.75 Å². The Bertz CT molecular complexity index is 953. The number of aromatic nitrogens is 1. The minimum absolute atomic E-state index is 0.0370. The van der Waals surface area contributed by atoms with Gasteiger partial charge in [0.25, 0.3) is 0 Å². The first-order valence-electron chi connectivity index (χ1n) is 8.57. The van der Waals surface area contributed by atoms with Crippen LogP contribution in [0.5, 0.6) is 5.75 Å². The third-order valence-corrected chi connectivity index (χ3v) is 6.19. The topological polar surface area (TPSA) is 42.4 Å². The summed E-state index contributed by atoms with van der Waals surface area (Å²) in [5.74, 6) is 1.55. The summed E-state index contributed by atoms with van der Waals surface area (Å²) in [6.07, 6.45) is 0. The number of thioether (sulfide) groups is 1. The number of hydrogen-bond acceptors (Lipinski definition) is 5. The second-order valence-electron chi connectivity index (χ2n) is 6.16. The van der Waals surface area contributed by atoms with Crippen LogP contribution in [-0.4, -0.2) is 18.0 Å². The zero-order valence-corrected chi connectivity index (χ0v) is 17.5. The van der Waals surface area contributed by atoms with Crippen LogP contribution in [0.2, 0.25) is 0 Å². The first kappa shape index (κ1) is 19.5. The minimum Gasteiger partial charge on any atom is -0.497 e. The fourth-order valence-corrected chi connectivity index (χ4v) is 4.52. The SMILES string of the molecule is COc1cccc(SCc2csc(N(C(C)=O)c3cccc(C)c3C)n2)c1. The van der Waals surface area contributed by atoms with Gasteiger partial charge in [0, 0.05) is 23.0 Å². The van der Waals surface area contributed by atoms with Crippen LogP contribution >= 0.6 is 23.1 Å². The van der Waals surface area contributed by atoms with Gasteiger partial charge in [0.05, 0.1) is 18.5 Å². The first-order valence-corrected chi connectivity index (χ1v) is 10.4. The molecule has 0 atom stereocenters. The molecular weight excluding hydrogens is 376 g/mol. The van der Waals surface area contributed by atoms with Crippen LogP contribution in [0.1, 0.15) is 23.7 Å². The number of rotatable bonds is 6. The number of ether oxygens (including phenoxy) is 1. The average Bonchev–Trinajstić information content (AvgIpc) is 3.12. The normalized spacial score (nSPS) is 10.7. The third-order valence-electron chi connectivity index (χ3n) is 4.29. The second-order valence-corrected chi connectivity index (χ2v) is 8.05. The molecule has 2 aromatic carbocycles. The van der Waals surface area contributed by atoms with Crippen molar-refractivity contribution in [3.63, 3.8) is 0 Å². The summed E-state index contributed by atoms with van der Waals surface area (Å²) in [4.78, 5) is 19.9. The Hall–Kier alpha value is -2.31. The van der Waals surface area contributed by atoms with Crippen LogP contribution in [0.15, 0.2) is 52.7 Å². The van der Waals surface area contributed by atoms with E-state index in [2.05, 4.69) is 19.1 Å². The fraction of sp³-hybridized carbons (Fsp3) is 0.238. The zero-order chi connectivity index (χ0) is 19.4. The highest BCUT2D eigenvalue weighted by Crippen LogP contribution is 2.34. The number of nitrogens with zero attached hydrogens (tertiary/aromatic N) is 2. The van der Waals surface area contributed by atoms with Gasteiger partial charge in [0.15, 0.2) is 5.13 Å². The van der Waals surface area contributed by atoms with Crippen LogP contribution in [0, 0.1) is 13.8 Å². The van der Waals surface area contributed by atoms with Gasteiger partial charge in [-0.2, -0.15) is 0 Å². The summed E-state index contributed by atoms with van der Waals surface area (Å²) in [6, 6.07) is 14.0. The molecule has 3 rings (SSSR count). The molecule has 0 aliphatic heterocycles. The molecule has 1 amide bonds. The molecule has 0 radical (unpaired) electrons. The number of hydrogen-bond donors (Lipinski definition) is 0. The molecule has 140 valence electrons. The Morgan fingerprint density at radius 3 is 2.74 bits per heavy atom. The molecule has 3 aromatic rings. The molecule has 0 unspecified atom stereocenters. The van der Waals surface area contributed by atoms with E-state index in [1.54, 1.807) is 30.7 Å². The molecule has 0 spiro atoms. The van der Waals surface area contributed by atoms with Gasteiger partial charge in [-0.05, 0) is 49.2 Å². The maximum atomic E-state index is 12.3. The summed E-state index contributed by atoms with van der Waals surface area (Å²) in [6.45, 7) is 5.66. The van der Waals surface area contributed by atoms with Gasteiger partial charge in [-0.3, -0.25) is 9.69 Å². The highest BCUT2D eigenvalue weighted by molar-refractivity contribution is 7.98. The maximum Gasteiger partial charge on any atom is 0.230 e. The standard InChI is InChI=1S/C21H22N2O2S2/c1-14-7-5-10-20(15(14)2)23(16(3)24)21-22-17(13-27-21)12-26-19-9-6-8-18(11-19)25-4/h5-11,13H,12H2,1-4H3. The molecule has 0 saturated carbocycles. The molecule has 0 aliphatic rings. The Kier molecular flexibility index (Phi) is 6.19. The number of thiazole rings is 1. The fourth-order valence-electron chi connectivity index (χ4n) is 2.70. The van der Waals surface area contributed by atoms with E-state index in [0.717, 1.165) is 38.9 Å². The van der Waals surface area contributed by atoms with Gasteiger partial charge in [-0.1, -0.05) is 18.2 Å². The van der Waals surface area contributed by atoms with Gasteiger partial charge < -0.3 is 4.74 Å². The Balaban J connectivity index is 1.80. The van der Waals surface area contributed by atoms with Gasteiger partial charge in [-0.25, -0.2) is 4.98 Å². The number of carbonyl (C=O) groups excluding carboxylic acids is 1. The van der Waals surface area contributed by atoms with Crippen molar-refractivity contribution in [2.45, 2.75) is 31.4 Å². The van der Waals surface area contributed by atoms with Crippen molar-refractivity contribution in [3.8, 4) is 5.75 Å². The summed E-state index contributed by atoms with van der Waals surface area (Å²) in [7, 11) is 1.67. The van der Waals surface area contributed by atoms with E-state index >= 15 is 0 Å². The van der Waals surface area contributed by atoms with E-state index in [0.29, 0.717) is 5.13 Å². The number of carbonyl (C=O) groups is 1. The van der Waals surface area contributed by atoms with Crippen molar-refractivity contribution in [2.75, 3.05) is 12.0 Å². The Morgan fingerprint density at radius 2 is 2.00 bits per heavy atom. The molecule has 27 heavy (non-hydrogen) atoms. The minimum atomic E-state index is -0.0370. The van der Waals surface area contributed by atoms with Crippen LogP contribution in [0.3, 0.4) is 0 Å². The van der Waals surface area contributed by atoms with Gasteiger partial charge in [0.2, 0.25) is 5.91 Å². The molecule has 0 fully saturated rings. The van der Waals surface area contributed by atoms with Gasteiger partial charge >= 0.3 is 0 Å². The highest BCUT2D eigenvalue weighted by Gasteiger charge is 2.20. The van der Waals surface area contributed by atoms with E-state index in [1.165, 1.54) is 11.3 Å². The second kappa shape index (κ2) is 8.59. The number of amides is 1. The molecular formula is C21H22N2O2S2. The van der Waals surface area contributed by atoms with E-state index in [9.17, 15) is 4.79 Å². The van der Waals surface area contributed by atoms with Crippen LogP contribution in [0.4, 0.5) is 10.8 Å². The monoisotopic (exact) mass is 398 g/mol. The van der Waals surface area contributed by atoms with E-state index in [-0.39, 0.29) is 5.91 Å². The lowest BCUT2D eigenvalue weighted by molar-refractivity contribution is -0.115. The third kappa shape index (κ3) is 4.51. The average molecular weight is 399 g/mol. The van der Waals surface area contributed by atoms with E-state index in [4.69, 9.17) is 9.72 Å². The maximum absolute atomic E-state index is 12.3. The number of methoxy groups -OCH3 is 1. The van der Waals surface area contributed by atoms with Crippen molar-refractivity contribution in [3.05, 3.63) is 64.7 Å².